The molecule has 6 atom stereocenters. The number of primary amides is 1. The Kier molecular flexibility index (Phi) is 13.8. The van der Waals surface area contributed by atoms with E-state index in [0.717, 1.165) is 6.21 Å². The van der Waals surface area contributed by atoms with Gasteiger partial charge in [-0.2, -0.15) is 0 Å². The molecule has 2 bridgehead atoms. The molecular weight excluding hydrogens is 561 g/mol. The van der Waals surface area contributed by atoms with Gasteiger partial charge in [0.1, 0.15) is 30.0 Å². The number of benzene rings is 1. The van der Waals surface area contributed by atoms with E-state index in [0.29, 0.717) is 12.0 Å². The highest BCUT2D eigenvalue weighted by Gasteiger charge is 2.31. The summed E-state index contributed by atoms with van der Waals surface area (Å²) in [7, 11) is 4.60. The minimum absolute atomic E-state index is 0.0105. The first-order chi connectivity index (χ1) is 20.4. The van der Waals surface area contributed by atoms with Crippen LogP contribution < -0.4 is 11.1 Å². The Hall–Kier alpha value is -3.74. The molecule has 5 N–H and O–H groups in total. The Labute approximate surface area is 252 Å². The van der Waals surface area contributed by atoms with E-state index in [1.54, 1.807) is 40.2 Å². The average molecular weight is 606 g/mol. The summed E-state index contributed by atoms with van der Waals surface area (Å²) in [5.74, 6) is -1.56. The highest BCUT2D eigenvalue weighted by molar-refractivity contribution is 6.04. The zero-order chi connectivity index (χ0) is 32.3. The van der Waals surface area contributed by atoms with Crippen molar-refractivity contribution in [3.8, 4) is 11.5 Å². The molecule has 0 radical (unpaired) electrons. The van der Waals surface area contributed by atoms with Crippen LogP contribution in [0.3, 0.4) is 0 Å². The van der Waals surface area contributed by atoms with Gasteiger partial charge in [0.15, 0.2) is 6.10 Å². The van der Waals surface area contributed by atoms with Crippen LogP contribution in [-0.2, 0) is 30.2 Å². The number of nitrogens with zero attached hydrogens (tertiary/aromatic N) is 1. The van der Waals surface area contributed by atoms with E-state index < -0.39 is 43.1 Å². The summed E-state index contributed by atoms with van der Waals surface area (Å²) < 4.78 is 35.7. The molecule has 12 heteroatoms. The number of ether oxygens (including phenoxy) is 4. The van der Waals surface area contributed by atoms with E-state index >= 15 is 0 Å². The number of methoxy groups -OCH3 is 3. The Morgan fingerprint density at radius 3 is 2.47 bits per heavy atom. The van der Waals surface area contributed by atoms with Gasteiger partial charge in [-0.15, -0.1) is 0 Å². The summed E-state index contributed by atoms with van der Waals surface area (Å²) in [6.07, 6.45) is 4.83. The lowest BCUT2D eigenvalue weighted by atomic mass is 9.87. The summed E-state index contributed by atoms with van der Waals surface area (Å²) in [4.78, 5) is 28.8. The molecule has 1 aromatic carbocycles. The number of halogens is 1. The predicted molar refractivity (Wildman–Crippen MR) is 163 cm³/mol. The van der Waals surface area contributed by atoms with Crippen molar-refractivity contribution in [1.82, 2.24) is 0 Å². The molecule has 0 aromatic heterocycles. The van der Waals surface area contributed by atoms with Crippen LogP contribution >= 0.6 is 0 Å². The van der Waals surface area contributed by atoms with Gasteiger partial charge in [0.05, 0.1) is 17.9 Å². The number of phenols is 2. The molecule has 0 spiro atoms. The van der Waals surface area contributed by atoms with Gasteiger partial charge in [-0.3, -0.25) is 9.79 Å². The van der Waals surface area contributed by atoms with Crippen LogP contribution in [0.5, 0.6) is 11.5 Å². The minimum atomic E-state index is -0.975. The monoisotopic (exact) mass is 605 g/mol. The third-order valence-corrected chi connectivity index (χ3v) is 7.33. The molecule has 0 fully saturated rings. The third-order valence-electron chi connectivity index (χ3n) is 7.33. The lowest BCUT2D eigenvalue weighted by Crippen LogP contribution is -2.38. The number of fused-ring (bicyclic) bond motifs is 2. The van der Waals surface area contributed by atoms with Crippen LogP contribution in [0.2, 0.25) is 0 Å². The first-order valence-corrected chi connectivity index (χ1v) is 13.9. The van der Waals surface area contributed by atoms with E-state index in [4.69, 9.17) is 24.7 Å². The third kappa shape index (κ3) is 9.63. The van der Waals surface area contributed by atoms with E-state index in [-0.39, 0.29) is 52.3 Å². The molecule has 0 unspecified atom stereocenters. The van der Waals surface area contributed by atoms with Crippen molar-refractivity contribution >= 4 is 29.6 Å². The second kappa shape index (κ2) is 16.8. The first-order valence-electron chi connectivity index (χ1n) is 13.9. The normalized spacial score (nSPS) is 29.3. The van der Waals surface area contributed by atoms with Crippen molar-refractivity contribution in [3.63, 3.8) is 0 Å². The number of anilines is 1. The summed E-state index contributed by atoms with van der Waals surface area (Å²) in [6, 6.07) is 1.17. The van der Waals surface area contributed by atoms with Gasteiger partial charge in [-0.1, -0.05) is 38.2 Å². The van der Waals surface area contributed by atoms with Gasteiger partial charge in [0, 0.05) is 50.7 Å². The van der Waals surface area contributed by atoms with Crippen molar-refractivity contribution in [3.05, 3.63) is 47.1 Å². The number of phenolic OH excluding ortho intramolecular Hbond substituents is 2. The number of hydrogen-bond acceptors (Lipinski definition) is 9. The Morgan fingerprint density at radius 1 is 1.19 bits per heavy atom. The highest BCUT2D eigenvalue weighted by atomic mass is 19.1. The molecule has 2 rings (SSSR count). The van der Waals surface area contributed by atoms with E-state index in [1.807, 2.05) is 19.9 Å². The molecule has 238 valence electrons. The van der Waals surface area contributed by atoms with E-state index in [1.165, 1.54) is 19.3 Å². The topological polar surface area (TPSA) is 162 Å². The summed E-state index contributed by atoms with van der Waals surface area (Å²) in [6.45, 7) is 6.35. The van der Waals surface area contributed by atoms with Crippen molar-refractivity contribution in [1.29, 1.82) is 0 Å². The number of nitrogens with two attached hydrogens (primary N) is 1. The van der Waals surface area contributed by atoms with Crippen molar-refractivity contribution in [2.24, 2.45) is 22.6 Å². The van der Waals surface area contributed by atoms with Crippen LogP contribution in [0.1, 0.15) is 39.7 Å². The van der Waals surface area contributed by atoms with Gasteiger partial charge in [-0.25, -0.2) is 9.18 Å². The molecule has 1 aliphatic rings. The molecule has 0 saturated carbocycles. The molecule has 1 aromatic rings. The number of allylic oxidation sites excluding steroid dienone is 2. The number of amides is 2. The van der Waals surface area contributed by atoms with Crippen LogP contribution in [0.4, 0.5) is 20.6 Å². The molecule has 1 aliphatic heterocycles. The number of hydrogen-bond donors (Lipinski definition) is 4. The van der Waals surface area contributed by atoms with Gasteiger partial charge in [0.2, 0.25) is 0 Å². The van der Waals surface area contributed by atoms with Crippen molar-refractivity contribution in [2.45, 2.75) is 65.0 Å². The largest absolute Gasteiger partial charge is 0.506 e. The SMILES string of the molecule is CO[C@H]1[C@@H](OC)C[C@H](C)Cc2c(O)c(cc(O)c2N=CCF)NC(=O)/C(C)=C/C=C\[C@H](OC)[C@@H](OC(N)=O)/C(C)=C/[C@@H]1C. The number of rotatable bonds is 6. The minimum Gasteiger partial charge on any atom is -0.506 e. The Morgan fingerprint density at radius 2 is 1.88 bits per heavy atom. The van der Waals surface area contributed by atoms with Crippen LogP contribution in [0, 0.1) is 11.8 Å². The maximum atomic E-state index is 13.0. The predicted octanol–water partition coefficient (Wildman–Crippen LogP) is 4.88. The molecule has 0 saturated heterocycles. The lowest BCUT2D eigenvalue weighted by Gasteiger charge is -2.32. The summed E-state index contributed by atoms with van der Waals surface area (Å²) in [5, 5.41) is 24.6. The van der Waals surface area contributed by atoms with Crippen molar-refractivity contribution < 1.29 is 43.1 Å². The van der Waals surface area contributed by atoms with Crippen molar-refractivity contribution in [2.75, 3.05) is 33.3 Å². The van der Waals surface area contributed by atoms with Gasteiger partial charge in [-0.05, 0) is 38.2 Å². The molecule has 43 heavy (non-hydrogen) atoms. The number of alkyl halides is 1. The number of aliphatic imine (C=N–C) groups is 1. The van der Waals surface area contributed by atoms with Crippen LogP contribution in [-0.4, -0.2) is 80.8 Å². The van der Waals surface area contributed by atoms with Crippen LogP contribution in [0.15, 0.2) is 46.5 Å². The molecule has 0 aliphatic carbocycles. The number of carbonyl (C=O) groups excluding carboxylic acids is 2. The fourth-order valence-corrected chi connectivity index (χ4v) is 5.22. The van der Waals surface area contributed by atoms with Crippen LogP contribution in [0.25, 0.3) is 0 Å². The zero-order valence-electron chi connectivity index (χ0n) is 25.8. The second-order valence-electron chi connectivity index (χ2n) is 10.6. The number of carbonyl (C=O) groups is 2. The molecule has 2 amide bonds. The molecule has 11 nitrogen and oxygen atoms in total. The highest BCUT2D eigenvalue weighted by Crippen LogP contribution is 2.44. The Balaban J connectivity index is 2.72. The zero-order valence-corrected chi connectivity index (χ0v) is 25.8. The maximum absolute atomic E-state index is 13.0. The van der Waals surface area contributed by atoms with Gasteiger partial charge >= 0.3 is 6.09 Å². The van der Waals surface area contributed by atoms with Gasteiger partial charge < -0.3 is 40.2 Å². The fourth-order valence-electron chi connectivity index (χ4n) is 5.22. The average Bonchev–Trinajstić information content (AvgIpc) is 2.95. The summed E-state index contributed by atoms with van der Waals surface area (Å²) >= 11 is 0. The quantitative estimate of drug-likeness (QED) is 0.154. The smallest absolute Gasteiger partial charge is 0.405 e. The Bertz CT molecular complexity index is 1250. The van der Waals surface area contributed by atoms with Gasteiger partial charge in [0.25, 0.3) is 5.91 Å². The summed E-state index contributed by atoms with van der Waals surface area (Å²) in [5.41, 5.74) is 6.53. The number of nitrogens with one attached hydrogen (secondary N) is 1. The second-order valence-corrected chi connectivity index (χ2v) is 10.6. The standard InChI is InChI=1S/C31H44FN3O8/c1-17-13-21-26(34-12-11-32)23(36)16-22(27(21)37)35-30(38)18(2)9-8-10-24(40-5)29(43-31(33)39)20(4)15-19(3)28(42-7)25(14-17)41-6/h8-10,12,15-17,19,24-25,28-29,36-37H,11,13-14H2,1-7H3,(H2,33,39)(H,35,38)/b10-8-,18-9+,20-15+,34-12?/t17-,19+,24+,25+,28-,29+/m1/s1. The molecule has 1 heterocycles. The van der Waals surface area contributed by atoms with E-state index in [9.17, 15) is 24.2 Å². The fraction of sp³-hybridized carbons (Fsp3) is 0.516. The maximum Gasteiger partial charge on any atom is 0.405 e. The molecular formula is C31H44FN3O8. The first kappa shape index (κ1) is 35.5. The van der Waals surface area contributed by atoms with E-state index in [2.05, 4.69) is 10.3 Å². The number of aromatic hydroxyl groups is 2. The lowest BCUT2D eigenvalue weighted by molar-refractivity contribution is -0.112.